The summed E-state index contributed by atoms with van der Waals surface area (Å²) in [6.07, 6.45) is 1.41. The first-order valence-corrected chi connectivity index (χ1v) is 5.08. The lowest BCUT2D eigenvalue weighted by atomic mass is 10.6. The van der Waals surface area contributed by atoms with Crippen molar-refractivity contribution in [2.75, 3.05) is 11.5 Å². The maximum absolute atomic E-state index is 11.0. The van der Waals surface area contributed by atoms with Crippen LogP contribution in [0.5, 0.6) is 0 Å². The smallest absolute Gasteiger partial charge is 0.251 e. The fourth-order valence-electron chi connectivity index (χ4n) is 1.02. The highest BCUT2D eigenvalue weighted by Gasteiger charge is 2.04. The molecule has 5 N–H and O–H groups in total. The minimum absolute atomic E-state index is 0.0841. The van der Waals surface area contributed by atoms with Gasteiger partial charge in [-0.2, -0.15) is 4.98 Å². The molecule has 7 nitrogen and oxygen atoms in total. The van der Waals surface area contributed by atoms with E-state index in [0.29, 0.717) is 10.2 Å². The van der Waals surface area contributed by atoms with E-state index in [1.165, 1.54) is 12.3 Å². The molecule has 0 aliphatic rings. The molecule has 0 aliphatic heterocycles. The lowest BCUT2D eigenvalue weighted by Gasteiger charge is -2.01. The maximum Gasteiger partial charge on any atom is 0.251 e. The molecule has 0 aliphatic carbocycles. The standard InChI is InChI=1S/C8H8N6OS/c9-4-3-6(14-7(10)12-4)16-8-11-2-1-5(15)13-8/h1-3H,(H,11,13,15)(H4,9,10,12,14). The summed E-state index contributed by atoms with van der Waals surface area (Å²) >= 11 is 1.15. The first-order valence-electron chi connectivity index (χ1n) is 4.27. The Bertz CT molecular complexity index is 548. The predicted octanol–water partition coefficient (Wildman–Crippen LogP) is -0.125. The minimum atomic E-state index is -0.229. The van der Waals surface area contributed by atoms with E-state index in [9.17, 15) is 4.79 Å². The van der Waals surface area contributed by atoms with Crippen LogP contribution in [-0.4, -0.2) is 19.9 Å². The van der Waals surface area contributed by atoms with E-state index in [1.54, 1.807) is 6.07 Å². The summed E-state index contributed by atoms with van der Waals surface area (Å²) in [5, 5.41) is 0.948. The van der Waals surface area contributed by atoms with Gasteiger partial charge in [-0.05, 0) is 11.8 Å². The molecule has 0 amide bonds. The van der Waals surface area contributed by atoms with Crippen LogP contribution in [0.4, 0.5) is 11.8 Å². The Hall–Kier alpha value is -2.09. The van der Waals surface area contributed by atoms with Crippen LogP contribution >= 0.6 is 11.8 Å². The molecule has 0 fully saturated rings. The van der Waals surface area contributed by atoms with Crippen molar-refractivity contribution in [2.24, 2.45) is 0 Å². The number of aromatic nitrogens is 4. The minimum Gasteiger partial charge on any atom is -0.383 e. The maximum atomic E-state index is 11.0. The highest BCUT2D eigenvalue weighted by Crippen LogP contribution is 2.22. The molecule has 0 saturated heterocycles. The molecular weight excluding hydrogens is 228 g/mol. The Morgan fingerprint density at radius 2 is 2.12 bits per heavy atom. The zero-order valence-corrected chi connectivity index (χ0v) is 8.86. The monoisotopic (exact) mass is 236 g/mol. The number of nitrogens with zero attached hydrogens (tertiary/aromatic N) is 3. The fraction of sp³-hybridized carbons (Fsp3) is 0. The molecule has 8 heteroatoms. The number of nitrogens with two attached hydrogens (primary N) is 2. The molecule has 2 heterocycles. The molecule has 0 bridgehead atoms. The number of hydrogen-bond acceptors (Lipinski definition) is 7. The van der Waals surface area contributed by atoms with Crippen molar-refractivity contribution in [1.82, 2.24) is 19.9 Å². The third-order valence-electron chi connectivity index (χ3n) is 1.59. The summed E-state index contributed by atoms with van der Waals surface area (Å²) in [6.45, 7) is 0. The van der Waals surface area contributed by atoms with Crippen LogP contribution in [0.25, 0.3) is 0 Å². The Kier molecular flexibility index (Phi) is 2.73. The quantitative estimate of drug-likeness (QED) is 0.490. The highest BCUT2D eigenvalue weighted by atomic mass is 32.2. The van der Waals surface area contributed by atoms with Gasteiger partial charge in [0.2, 0.25) is 5.95 Å². The van der Waals surface area contributed by atoms with Crippen LogP contribution in [0.3, 0.4) is 0 Å². The average molecular weight is 236 g/mol. The van der Waals surface area contributed by atoms with Crippen LogP contribution in [-0.2, 0) is 0 Å². The lowest BCUT2D eigenvalue weighted by molar-refractivity contribution is 0.930. The molecule has 0 saturated carbocycles. The van der Waals surface area contributed by atoms with Gasteiger partial charge in [0, 0.05) is 18.3 Å². The van der Waals surface area contributed by atoms with Crippen molar-refractivity contribution in [3.8, 4) is 0 Å². The second-order valence-corrected chi connectivity index (χ2v) is 3.84. The summed E-state index contributed by atoms with van der Waals surface area (Å²) in [7, 11) is 0. The zero-order valence-electron chi connectivity index (χ0n) is 8.04. The van der Waals surface area contributed by atoms with Gasteiger partial charge in [0.15, 0.2) is 5.16 Å². The van der Waals surface area contributed by atoms with Crippen molar-refractivity contribution in [3.05, 3.63) is 28.7 Å². The van der Waals surface area contributed by atoms with Crippen LogP contribution in [0.2, 0.25) is 0 Å². The molecule has 0 unspecified atom stereocenters. The molecule has 0 atom stereocenters. The molecule has 0 radical (unpaired) electrons. The van der Waals surface area contributed by atoms with E-state index in [4.69, 9.17) is 11.5 Å². The summed E-state index contributed by atoms with van der Waals surface area (Å²) in [5.41, 5.74) is 10.7. The van der Waals surface area contributed by atoms with Crippen LogP contribution < -0.4 is 17.0 Å². The molecule has 16 heavy (non-hydrogen) atoms. The predicted molar refractivity (Wildman–Crippen MR) is 59.8 cm³/mol. The third-order valence-corrected chi connectivity index (χ3v) is 2.41. The summed E-state index contributed by atoms with van der Waals surface area (Å²) in [5.74, 6) is 0.356. The van der Waals surface area contributed by atoms with Crippen LogP contribution in [0.15, 0.2) is 33.3 Å². The van der Waals surface area contributed by atoms with E-state index in [-0.39, 0.29) is 17.3 Å². The lowest BCUT2D eigenvalue weighted by Crippen LogP contribution is -2.05. The van der Waals surface area contributed by atoms with Gasteiger partial charge in [0.25, 0.3) is 5.56 Å². The number of rotatable bonds is 2. The van der Waals surface area contributed by atoms with Gasteiger partial charge in [0.05, 0.1) is 0 Å². The topological polar surface area (TPSA) is 124 Å². The Balaban J connectivity index is 2.30. The van der Waals surface area contributed by atoms with Crippen LogP contribution in [0.1, 0.15) is 0 Å². The van der Waals surface area contributed by atoms with E-state index >= 15 is 0 Å². The van der Waals surface area contributed by atoms with Gasteiger partial charge in [-0.15, -0.1) is 0 Å². The van der Waals surface area contributed by atoms with Gasteiger partial charge in [-0.3, -0.25) is 4.79 Å². The highest BCUT2D eigenvalue weighted by molar-refractivity contribution is 7.99. The summed E-state index contributed by atoms with van der Waals surface area (Å²) in [6, 6.07) is 2.88. The van der Waals surface area contributed by atoms with Gasteiger partial charge >= 0.3 is 0 Å². The van der Waals surface area contributed by atoms with E-state index in [1.807, 2.05) is 0 Å². The van der Waals surface area contributed by atoms with E-state index < -0.39 is 0 Å². The molecule has 2 aromatic heterocycles. The Morgan fingerprint density at radius 3 is 2.81 bits per heavy atom. The summed E-state index contributed by atoms with van der Waals surface area (Å²) < 4.78 is 0. The van der Waals surface area contributed by atoms with Gasteiger partial charge in [0.1, 0.15) is 10.8 Å². The first-order chi connectivity index (χ1) is 7.63. The number of anilines is 2. The van der Waals surface area contributed by atoms with Gasteiger partial charge in [-0.1, -0.05) is 0 Å². The Labute approximate surface area is 94.3 Å². The second-order valence-electron chi connectivity index (χ2n) is 2.83. The van der Waals surface area contributed by atoms with Crippen LogP contribution in [0, 0.1) is 0 Å². The molecule has 82 valence electrons. The normalized spacial score (nSPS) is 10.2. The number of nitrogen functional groups attached to an aromatic ring is 2. The zero-order chi connectivity index (χ0) is 11.5. The number of nitrogens with one attached hydrogen (secondary N) is 1. The molecule has 0 aromatic carbocycles. The number of hydrogen-bond donors (Lipinski definition) is 3. The molecule has 0 spiro atoms. The molecule has 2 rings (SSSR count). The third kappa shape index (κ3) is 2.48. The Morgan fingerprint density at radius 1 is 1.31 bits per heavy atom. The largest absolute Gasteiger partial charge is 0.383 e. The number of aromatic amines is 1. The number of H-pyrrole nitrogens is 1. The average Bonchev–Trinajstić information content (AvgIpc) is 2.15. The van der Waals surface area contributed by atoms with E-state index in [2.05, 4.69) is 19.9 Å². The van der Waals surface area contributed by atoms with Crippen molar-refractivity contribution >= 4 is 23.5 Å². The fourth-order valence-corrected chi connectivity index (χ4v) is 1.80. The first kappa shape index (κ1) is 10.4. The second kappa shape index (κ2) is 4.19. The molecule has 2 aromatic rings. The SMILES string of the molecule is Nc1cc(Sc2nccc(=O)[nH]2)nc(N)n1. The van der Waals surface area contributed by atoms with E-state index in [0.717, 1.165) is 11.8 Å². The van der Waals surface area contributed by atoms with Crippen molar-refractivity contribution in [3.63, 3.8) is 0 Å². The van der Waals surface area contributed by atoms with Crippen molar-refractivity contribution < 1.29 is 0 Å². The van der Waals surface area contributed by atoms with Crippen molar-refractivity contribution in [2.45, 2.75) is 10.2 Å². The van der Waals surface area contributed by atoms with Gasteiger partial charge < -0.3 is 16.5 Å². The molecular formula is C8H8N6OS. The van der Waals surface area contributed by atoms with Crippen molar-refractivity contribution in [1.29, 1.82) is 0 Å². The van der Waals surface area contributed by atoms with Gasteiger partial charge in [-0.25, -0.2) is 9.97 Å². The summed E-state index contributed by atoms with van der Waals surface area (Å²) in [4.78, 5) is 25.2.